The van der Waals surface area contributed by atoms with E-state index in [4.69, 9.17) is 15.2 Å². The molecule has 6 nitrogen and oxygen atoms in total. The van der Waals surface area contributed by atoms with E-state index in [0.717, 1.165) is 57.4 Å². The van der Waals surface area contributed by atoms with Gasteiger partial charge in [-0.05, 0) is 12.8 Å². The highest BCUT2D eigenvalue weighted by molar-refractivity contribution is 6.20. The standard InChI is InChI=1S/C18H31NO5/c1-3-5-7-9-11-23-17(21)13-15(16(20)14-19)18(22)24-12-10-8-6-4-2/h13H,3-12,14,19H2,1-2H3/b15-13+. The van der Waals surface area contributed by atoms with Gasteiger partial charge in [0.1, 0.15) is 5.57 Å². The number of carbonyl (C=O) groups excluding carboxylic acids is 3. The maximum Gasteiger partial charge on any atom is 0.342 e. The molecule has 0 saturated carbocycles. The van der Waals surface area contributed by atoms with E-state index in [-0.39, 0.29) is 25.3 Å². The fourth-order valence-electron chi connectivity index (χ4n) is 2.00. The zero-order valence-electron chi connectivity index (χ0n) is 15.0. The number of nitrogens with two attached hydrogens (primary N) is 1. The lowest BCUT2D eigenvalue weighted by molar-refractivity contribution is -0.142. The number of hydrogen-bond donors (Lipinski definition) is 1. The molecule has 0 spiro atoms. The quantitative estimate of drug-likeness (QED) is 0.172. The number of rotatable bonds is 14. The van der Waals surface area contributed by atoms with Gasteiger partial charge in [0, 0.05) is 6.08 Å². The fourth-order valence-corrected chi connectivity index (χ4v) is 2.00. The maximum atomic E-state index is 12.0. The SMILES string of the molecule is CCCCCCOC(=O)/C=C(\C(=O)CN)C(=O)OCCCCCC. The molecular weight excluding hydrogens is 310 g/mol. The summed E-state index contributed by atoms with van der Waals surface area (Å²) in [5, 5.41) is 0. The first-order valence-corrected chi connectivity index (χ1v) is 8.85. The summed E-state index contributed by atoms with van der Waals surface area (Å²) in [7, 11) is 0. The lowest BCUT2D eigenvalue weighted by atomic mass is 10.1. The van der Waals surface area contributed by atoms with Crippen molar-refractivity contribution in [1.29, 1.82) is 0 Å². The lowest BCUT2D eigenvalue weighted by Gasteiger charge is -2.07. The van der Waals surface area contributed by atoms with E-state index in [1.54, 1.807) is 0 Å². The predicted molar refractivity (Wildman–Crippen MR) is 92.3 cm³/mol. The molecule has 0 rings (SSSR count). The zero-order valence-corrected chi connectivity index (χ0v) is 15.0. The monoisotopic (exact) mass is 341 g/mol. The van der Waals surface area contributed by atoms with E-state index in [1.165, 1.54) is 0 Å². The summed E-state index contributed by atoms with van der Waals surface area (Å²) in [6, 6.07) is 0. The zero-order chi connectivity index (χ0) is 18.2. The number of Topliss-reactive ketones (excluding diaryl/α,β-unsaturated/α-hetero) is 1. The molecule has 0 fully saturated rings. The molecule has 24 heavy (non-hydrogen) atoms. The Kier molecular flexibility index (Phi) is 13.8. The fraction of sp³-hybridized carbons (Fsp3) is 0.722. The van der Waals surface area contributed by atoms with Crippen molar-refractivity contribution in [2.45, 2.75) is 65.2 Å². The van der Waals surface area contributed by atoms with Gasteiger partial charge in [-0.1, -0.05) is 52.4 Å². The van der Waals surface area contributed by atoms with Crippen LogP contribution in [0.15, 0.2) is 11.6 Å². The Balaban J connectivity index is 4.43. The Morgan fingerprint density at radius 1 is 0.833 bits per heavy atom. The second-order valence-electron chi connectivity index (χ2n) is 5.61. The third-order valence-corrected chi connectivity index (χ3v) is 3.44. The Morgan fingerprint density at radius 3 is 1.88 bits per heavy atom. The molecule has 0 saturated heterocycles. The van der Waals surface area contributed by atoms with Crippen LogP contribution in [0.25, 0.3) is 0 Å². The topological polar surface area (TPSA) is 95.7 Å². The Hall–Kier alpha value is -1.69. The smallest absolute Gasteiger partial charge is 0.342 e. The first-order chi connectivity index (χ1) is 11.6. The molecule has 0 aliphatic rings. The molecule has 0 aromatic carbocycles. The normalized spacial score (nSPS) is 11.2. The van der Waals surface area contributed by atoms with Crippen molar-refractivity contribution in [2.75, 3.05) is 19.8 Å². The number of hydrogen-bond acceptors (Lipinski definition) is 6. The number of carbonyl (C=O) groups is 3. The molecule has 0 unspecified atom stereocenters. The van der Waals surface area contributed by atoms with Crippen molar-refractivity contribution in [1.82, 2.24) is 0 Å². The van der Waals surface area contributed by atoms with Gasteiger partial charge in [-0.3, -0.25) is 4.79 Å². The molecule has 0 aliphatic carbocycles. The van der Waals surface area contributed by atoms with Gasteiger partial charge in [0.25, 0.3) is 0 Å². The summed E-state index contributed by atoms with van der Waals surface area (Å²) in [4.78, 5) is 35.4. The summed E-state index contributed by atoms with van der Waals surface area (Å²) in [5.74, 6) is -2.16. The molecule has 6 heteroatoms. The van der Waals surface area contributed by atoms with Gasteiger partial charge in [-0.15, -0.1) is 0 Å². The van der Waals surface area contributed by atoms with Crippen LogP contribution in [-0.2, 0) is 23.9 Å². The van der Waals surface area contributed by atoms with Crippen molar-refractivity contribution in [3.8, 4) is 0 Å². The molecule has 138 valence electrons. The van der Waals surface area contributed by atoms with Crippen LogP contribution in [0.2, 0.25) is 0 Å². The lowest BCUT2D eigenvalue weighted by Crippen LogP contribution is -2.24. The minimum atomic E-state index is -0.815. The van der Waals surface area contributed by atoms with E-state index in [2.05, 4.69) is 13.8 Å². The number of esters is 2. The van der Waals surface area contributed by atoms with Gasteiger partial charge >= 0.3 is 11.9 Å². The van der Waals surface area contributed by atoms with Gasteiger partial charge in [-0.2, -0.15) is 0 Å². The number of ketones is 1. The van der Waals surface area contributed by atoms with Gasteiger partial charge in [0.2, 0.25) is 0 Å². The van der Waals surface area contributed by atoms with Crippen LogP contribution < -0.4 is 5.73 Å². The second-order valence-corrected chi connectivity index (χ2v) is 5.61. The summed E-state index contributed by atoms with van der Waals surface area (Å²) < 4.78 is 10.0. The van der Waals surface area contributed by atoms with Crippen LogP contribution in [0.4, 0.5) is 0 Å². The van der Waals surface area contributed by atoms with Crippen molar-refractivity contribution in [3.05, 3.63) is 11.6 Å². The Labute approximate surface area is 144 Å². The van der Waals surface area contributed by atoms with E-state index < -0.39 is 17.7 Å². The van der Waals surface area contributed by atoms with Gasteiger partial charge in [0.05, 0.1) is 19.8 Å². The van der Waals surface area contributed by atoms with Crippen LogP contribution in [0.3, 0.4) is 0 Å². The first-order valence-electron chi connectivity index (χ1n) is 8.85. The van der Waals surface area contributed by atoms with E-state index in [1.807, 2.05) is 0 Å². The largest absolute Gasteiger partial charge is 0.463 e. The number of ether oxygens (including phenoxy) is 2. The van der Waals surface area contributed by atoms with E-state index in [9.17, 15) is 14.4 Å². The average molecular weight is 341 g/mol. The van der Waals surface area contributed by atoms with Crippen LogP contribution in [0.5, 0.6) is 0 Å². The minimum absolute atomic E-state index is 0.222. The summed E-state index contributed by atoms with van der Waals surface area (Å²) in [5.41, 5.74) is 4.94. The molecule has 0 radical (unpaired) electrons. The van der Waals surface area contributed by atoms with Crippen molar-refractivity contribution >= 4 is 17.7 Å². The highest BCUT2D eigenvalue weighted by Crippen LogP contribution is 2.05. The second kappa shape index (κ2) is 14.9. The maximum absolute atomic E-state index is 12.0. The van der Waals surface area contributed by atoms with Crippen LogP contribution in [0.1, 0.15) is 65.2 Å². The van der Waals surface area contributed by atoms with Crippen molar-refractivity contribution in [3.63, 3.8) is 0 Å². The predicted octanol–water partition coefficient (Wildman–Crippen LogP) is 2.69. The van der Waals surface area contributed by atoms with Crippen LogP contribution in [-0.4, -0.2) is 37.5 Å². The average Bonchev–Trinajstić information content (AvgIpc) is 2.58. The van der Waals surface area contributed by atoms with Crippen LogP contribution in [0, 0.1) is 0 Å². The third-order valence-electron chi connectivity index (χ3n) is 3.44. The van der Waals surface area contributed by atoms with Crippen molar-refractivity contribution in [2.24, 2.45) is 5.73 Å². The molecular formula is C18H31NO5. The highest BCUT2D eigenvalue weighted by atomic mass is 16.5. The Morgan fingerprint density at radius 2 is 1.38 bits per heavy atom. The molecule has 0 atom stereocenters. The van der Waals surface area contributed by atoms with Gasteiger partial charge in [-0.25, -0.2) is 9.59 Å². The van der Waals surface area contributed by atoms with E-state index >= 15 is 0 Å². The molecule has 0 aliphatic heterocycles. The molecule has 0 bridgehead atoms. The van der Waals surface area contributed by atoms with Gasteiger partial charge < -0.3 is 15.2 Å². The summed E-state index contributed by atoms with van der Waals surface area (Å²) in [6.45, 7) is 4.31. The van der Waals surface area contributed by atoms with Gasteiger partial charge in [0.15, 0.2) is 5.78 Å². The Bertz CT molecular complexity index is 418. The molecule has 0 aromatic rings. The molecule has 0 heterocycles. The van der Waals surface area contributed by atoms with Crippen molar-refractivity contribution < 1.29 is 23.9 Å². The van der Waals surface area contributed by atoms with E-state index in [0.29, 0.717) is 0 Å². The first kappa shape index (κ1) is 22.3. The molecule has 2 N–H and O–H groups in total. The van der Waals surface area contributed by atoms with Crippen LogP contribution >= 0.6 is 0 Å². The minimum Gasteiger partial charge on any atom is -0.463 e. The summed E-state index contributed by atoms with van der Waals surface area (Å²) >= 11 is 0. The highest BCUT2D eigenvalue weighted by Gasteiger charge is 2.20. The third kappa shape index (κ3) is 10.9. The summed E-state index contributed by atoms with van der Waals surface area (Å²) in [6.07, 6.45) is 8.61. The molecule has 0 aromatic heterocycles. The number of unbranched alkanes of at least 4 members (excludes halogenated alkanes) is 6. The molecule has 0 amide bonds.